The number of hydrogen-bond acceptors (Lipinski definition) is 4. The fourth-order valence-corrected chi connectivity index (χ4v) is 7.82. The minimum atomic E-state index is -5.70. The van der Waals surface area contributed by atoms with Crippen LogP contribution in [0.2, 0.25) is 0 Å². The molecule has 0 saturated carbocycles. The highest BCUT2D eigenvalue weighted by Crippen LogP contribution is 2.67. The molecule has 1 aliphatic carbocycles. The van der Waals surface area contributed by atoms with E-state index in [0.29, 0.717) is 9.40 Å². The quantitative estimate of drug-likeness (QED) is 0.114. The van der Waals surface area contributed by atoms with Gasteiger partial charge in [-0.05, 0) is 26.0 Å². The first kappa shape index (κ1) is 28.5. The second kappa shape index (κ2) is 9.53. The Labute approximate surface area is 243 Å². The number of hydrogen-bond donors (Lipinski definition) is 0. The number of fused-ring (bicyclic) bond motifs is 2. The van der Waals surface area contributed by atoms with E-state index in [4.69, 9.17) is 0 Å². The van der Waals surface area contributed by atoms with Gasteiger partial charge >= 0.3 is 17.8 Å². The topological polar surface area (TPSA) is 34.1 Å². The van der Waals surface area contributed by atoms with Gasteiger partial charge < -0.3 is 0 Å². The third kappa shape index (κ3) is 3.99. The summed E-state index contributed by atoms with van der Waals surface area (Å²) in [6.07, 6.45) is 0. The summed E-state index contributed by atoms with van der Waals surface area (Å²) in [4.78, 5) is 24.6. The molecule has 0 atom stereocenters. The second-order valence-corrected chi connectivity index (χ2v) is 12.7. The lowest BCUT2D eigenvalue weighted by Gasteiger charge is -2.26. The maximum atomic E-state index is 15.6. The maximum absolute atomic E-state index is 15.6. The lowest BCUT2D eigenvalue weighted by molar-refractivity contribution is -0.254. The third-order valence-electron chi connectivity index (χ3n) is 6.79. The van der Waals surface area contributed by atoms with Crippen molar-refractivity contribution in [2.75, 3.05) is 10.7 Å². The van der Waals surface area contributed by atoms with Gasteiger partial charge in [0, 0.05) is 63.3 Å². The Morgan fingerprint density at radius 3 is 1.38 bits per heavy atom. The van der Waals surface area contributed by atoms with E-state index in [9.17, 15) is 9.59 Å². The van der Waals surface area contributed by atoms with Crippen molar-refractivity contribution in [3.05, 3.63) is 68.4 Å². The van der Waals surface area contributed by atoms with Gasteiger partial charge in [0.25, 0.3) is 0 Å². The summed E-state index contributed by atoms with van der Waals surface area (Å²) in [5.74, 6) is -16.7. The third-order valence-corrected chi connectivity index (χ3v) is 9.94. The van der Waals surface area contributed by atoms with Crippen LogP contribution in [0.3, 0.4) is 0 Å². The van der Waals surface area contributed by atoms with Crippen molar-refractivity contribution in [2.24, 2.45) is 0 Å². The van der Waals surface area contributed by atoms with E-state index in [1.165, 1.54) is 50.2 Å². The summed E-state index contributed by atoms with van der Waals surface area (Å²) < 4.78 is 93.2. The Hall–Kier alpha value is -2.02. The SMILES string of the molecule is Cc1sc2cc(C(=O)CBr)ccc2c1C1=C(c2c(C)sc3cc(C(=O)CBr)ccc23)C(F)(F)C(F)(F)C1(F)F. The van der Waals surface area contributed by atoms with E-state index >= 15 is 26.3 Å². The smallest absolute Gasteiger partial charge is 0.293 e. The van der Waals surface area contributed by atoms with Gasteiger partial charge in [-0.15, -0.1) is 22.7 Å². The summed E-state index contributed by atoms with van der Waals surface area (Å²) in [5, 5.41) is 0.169. The molecule has 2 aromatic carbocycles. The standard InChI is InChI=1S/C27H16Br2F6O2S2/c1-11-21(15-5-3-13(17(36)9-28)7-19(15)38-11)23-24(26(32,33)27(34,35)25(23,30)31)22-12(2)39-20-8-14(18(37)10-29)4-6-16(20)22/h3-8H,9-10H2,1-2H3. The summed E-state index contributed by atoms with van der Waals surface area (Å²) in [7, 11) is 0. The molecule has 1 aliphatic rings. The van der Waals surface area contributed by atoms with Crippen LogP contribution in [-0.4, -0.2) is 40.0 Å². The van der Waals surface area contributed by atoms with Gasteiger partial charge in [0.2, 0.25) is 0 Å². The van der Waals surface area contributed by atoms with Crippen molar-refractivity contribution in [1.82, 2.24) is 0 Å². The van der Waals surface area contributed by atoms with Crippen LogP contribution in [-0.2, 0) is 0 Å². The average molecular weight is 710 g/mol. The predicted molar refractivity (Wildman–Crippen MR) is 151 cm³/mol. The molecular formula is C27H16Br2F6O2S2. The van der Waals surface area contributed by atoms with Crippen molar-refractivity contribution in [2.45, 2.75) is 31.6 Å². The maximum Gasteiger partial charge on any atom is 0.380 e. The summed E-state index contributed by atoms with van der Waals surface area (Å²) in [5.41, 5.74) is -3.11. The molecule has 0 radical (unpaired) electrons. The number of thiophene rings is 2. The monoisotopic (exact) mass is 708 g/mol. The van der Waals surface area contributed by atoms with Crippen molar-refractivity contribution in [3.63, 3.8) is 0 Å². The van der Waals surface area contributed by atoms with Crippen molar-refractivity contribution < 1.29 is 35.9 Å². The van der Waals surface area contributed by atoms with Crippen LogP contribution in [0, 0.1) is 13.8 Å². The molecule has 39 heavy (non-hydrogen) atoms. The first-order chi connectivity index (χ1) is 18.2. The fourth-order valence-electron chi connectivity index (χ4n) is 4.95. The van der Waals surface area contributed by atoms with Gasteiger partial charge in [0.05, 0.1) is 10.7 Å². The highest BCUT2D eigenvalue weighted by atomic mass is 79.9. The molecule has 5 rings (SSSR count). The first-order valence-electron chi connectivity index (χ1n) is 11.3. The predicted octanol–water partition coefficient (Wildman–Crippen LogP) is 9.72. The van der Waals surface area contributed by atoms with E-state index in [0.717, 1.165) is 22.7 Å². The van der Waals surface area contributed by atoms with Gasteiger partial charge in [0.1, 0.15) is 0 Å². The van der Waals surface area contributed by atoms with Crippen LogP contribution in [0.1, 0.15) is 41.6 Å². The lowest BCUT2D eigenvalue weighted by atomic mass is 9.91. The number of allylic oxidation sites excluding steroid dienone is 2. The number of halogens is 8. The van der Waals surface area contributed by atoms with Gasteiger partial charge in [-0.2, -0.15) is 26.3 Å². The van der Waals surface area contributed by atoms with Crippen molar-refractivity contribution in [3.8, 4) is 0 Å². The molecule has 12 heteroatoms. The molecular weight excluding hydrogens is 694 g/mol. The highest BCUT2D eigenvalue weighted by molar-refractivity contribution is 9.09. The van der Waals surface area contributed by atoms with E-state index in [1.807, 2.05) is 0 Å². The average Bonchev–Trinajstić information content (AvgIpc) is 3.41. The number of benzene rings is 2. The Morgan fingerprint density at radius 1 is 0.692 bits per heavy atom. The fraction of sp³-hybridized carbons (Fsp3) is 0.259. The zero-order valence-corrected chi connectivity index (χ0v) is 24.8. The Balaban J connectivity index is 1.89. The lowest BCUT2D eigenvalue weighted by Crippen LogP contribution is -2.48. The Morgan fingerprint density at radius 2 is 1.05 bits per heavy atom. The van der Waals surface area contributed by atoms with E-state index in [1.54, 1.807) is 0 Å². The molecule has 0 amide bonds. The molecule has 0 spiro atoms. The summed E-state index contributed by atoms with van der Waals surface area (Å²) in [6.45, 7) is 2.80. The van der Waals surface area contributed by atoms with Crippen molar-refractivity contribution in [1.29, 1.82) is 0 Å². The molecule has 204 valence electrons. The van der Waals surface area contributed by atoms with E-state index in [2.05, 4.69) is 31.9 Å². The second-order valence-electron chi connectivity index (χ2n) is 9.08. The molecule has 0 unspecified atom stereocenters. The minimum Gasteiger partial charge on any atom is -0.293 e. The normalized spacial score (nSPS) is 17.9. The molecule has 0 fully saturated rings. The molecule has 0 saturated heterocycles. The first-order valence-corrected chi connectivity index (χ1v) is 15.2. The molecule has 0 N–H and O–H groups in total. The largest absolute Gasteiger partial charge is 0.380 e. The zero-order valence-electron chi connectivity index (χ0n) is 20.0. The van der Waals surface area contributed by atoms with Crippen LogP contribution in [0.5, 0.6) is 0 Å². The van der Waals surface area contributed by atoms with E-state index < -0.39 is 40.0 Å². The molecule has 0 aliphatic heterocycles. The Kier molecular flexibility index (Phi) is 6.96. The molecule has 2 aromatic heterocycles. The van der Waals surface area contributed by atoms with Crippen LogP contribution >= 0.6 is 54.5 Å². The number of Topliss-reactive ketones (excluding diaryl/α,β-unsaturated/α-hetero) is 2. The number of carbonyl (C=O) groups is 2. The van der Waals surface area contributed by atoms with Crippen LogP contribution < -0.4 is 0 Å². The van der Waals surface area contributed by atoms with Crippen LogP contribution in [0.15, 0.2) is 36.4 Å². The Bertz CT molecular complexity index is 1610. The zero-order chi connectivity index (χ0) is 28.7. The molecule has 4 aromatic rings. The molecule has 2 heterocycles. The summed E-state index contributed by atoms with van der Waals surface area (Å²) in [6, 6.07) is 8.26. The van der Waals surface area contributed by atoms with Gasteiger partial charge in [0.15, 0.2) is 11.6 Å². The minimum absolute atomic E-state index is 0.00893. The van der Waals surface area contributed by atoms with Gasteiger partial charge in [-0.25, -0.2) is 0 Å². The number of rotatable bonds is 6. The number of ketones is 2. The van der Waals surface area contributed by atoms with E-state index in [-0.39, 0.29) is 53.9 Å². The van der Waals surface area contributed by atoms with Crippen LogP contribution in [0.25, 0.3) is 31.3 Å². The van der Waals surface area contributed by atoms with Gasteiger partial charge in [-0.3, -0.25) is 9.59 Å². The number of aryl methyl sites for hydroxylation is 2. The highest BCUT2D eigenvalue weighted by Gasteiger charge is 2.80. The number of carbonyl (C=O) groups excluding carboxylic acids is 2. The molecule has 0 bridgehead atoms. The summed E-state index contributed by atoms with van der Waals surface area (Å²) >= 11 is 8.04. The van der Waals surface area contributed by atoms with Crippen molar-refractivity contribution >= 4 is 97.4 Å². The van der Waals surface area contributed by atoms with Gasteiger partial charge in [-0.1, -0.05) is 56.1 Å². The van der Waals surface area contributed by atoms with Crippen LogP contribution in [0.4, 0.5) is 26.3 Å². The number of alkyl halides is 8. The molecule has 2 nitrogen and oxygen atoms in total.